The molecular formula is C15H32N2O. The number of hydrogen-bond acceptors (Lipinski definition) is 3. The number of rotatable bonds is 7. The molecule has 0 bridgehead atoms. The number of methoxy groups -OCH3 is 1. The maximum atomic E-state index is 5.44. The molecule has 1 unspecified atom stereocenters. The van der Waals surface area contributed by atoms with Crippen LogP contribution in [0, 0.1) is 5.41 Å². The van der Waals surface area contributed by atoms with Crippen molar-refractivity contribution in [3.63, 3.8) is 0 Å². The minimum Gasteiger partial charge on any atom is -0.381 e. The van der Waals surface area contributed by atoms with Crippen LogP contribution in [0.1, 0.15) is 47.0 Å². The zero-order valence-electron chi connectivity index (χ0n) is 13.0. The number of hydrogen-bond donors (Lipinski definition) is 1. The summed E-state index contributed by atoms with van der Waals surface area (Å²) in [6.07, 6.45) is 4.10. The van der Waals surface area contributed by atoms with Gasteiger partial charge in [0, 0.05) is 39.3 Å². The van der Waals surface area contributed by atoms with Gasteiger partial charge in [-0.1, -0.05) is 27.7 Å². The highest BCUT2D eigenvalue weighted by atomic mass is 16.5. The predicted octanol–water partition coefficient (Wildman–Crippen LogP) is 2.51. The molecule has 0 spiro atoms. The molecule has 0 amide bonds. The summed E-state index contributed by atoms with van der Waals surface area (Å²) < 4.78 is 5.44. The first-order valence-electron chi connectivity index (χ1n) is 7.47. The minimum absolute atomic E-state index is 0.393. The molecular weight excluding hydrogens is 224 g/mol. The first-order valence-corrected chi connectivity index (χ1v) is 7.47. The molecule has 1 fully saturated rings. The van der Waals surface area contributed by atoms with Crippen molar-refractivity contribution < 1.29 is 4.74 Å². The van der Waals surface area contributed by atoms with Gasteiger partial charge in [-0.05, 0) is 24.7 Å². The third-order valence-electron chi connectivity index (χ3n) is 4.26. The van der Waals surface area contributed by atoms with Crippen LogP contribution in [0.25, 0.3) is 0 Å². The first-order chi connectivity index (χ1) is 8.49. The van der Waals surface area contributed by atoms with Crippen LogP contribution in [0.5, 0.6) is 0 Å². The Morgan fingerprint density at radius 1 is 1.33 bits per heavy atom. The van der Waals surface area contributed by atoms with E-state index in [1.807, 2.05) is 7.11 Å². The van der Waals surface area contributed by atoms with Crippen molar-refractivity contribution in [1.29, 1.82) is 0 Å². The van der Waals surface area contributed by atoms with Crippen LogP contribution in [0.4, 0.5) is 0 Å². The predicted molar refractivity (Wildman–Crippen MR) is 78.0 cm³/mol. The van der Waals surface area contributed by atoms with E-state index in [1.165, 1.54) is 38.9 Å². The maximum Gasteiger partial charge on any atom is 0.0595 e. The van der Waals surface area contributed by atoms with Crippen molar-refractivity contribution in [3.8, 4) is 0 Å². The van der Waals surface area contributed by atoms with E-state index in [0.29, 0.717) is 17.6 Å². The number of nitrogens with zero attached hydrogens (tertiary/aromatic N) is 1. The Morgan fingerprint density at radius 3 is 2.39 bits per heavy atom. The van der Waals surface area contributed by atoms with E-state index in [9.17, 15) is 0 Å². The summed E-state index contributed by atoms with van der Waals surface area (Å²) in [4.78, 5) is 2.61. The van der Waals surface area contributed by atoms with E-state index in [-0.39, 0.29) is 0 Å². The zero-order chi connectivity index (χ0) is 13.6. The lowest BCUT2D eigenvalue weighted by molar-refractivity contribution is 0.0272. The van der Waals surface area contributed by atoms with Crippen LogP contribution >= 0.6 is 0 Å². The molecule has 0 aliphatic carbocycles. The lowest BCUT2D eigenvalue weighted by Gasteiger charge is -2.39. The number of nitrogens with one attached hydrogen (secondary N) is 1. The summed E-state index contributed by atoms with van der Waals surface area (Å²) in [6.45, 7) is 13.9. The lowest BCUT2D eigenvalue weighted by atomic mass is 9.86. The second kappa shape index (κ2) is 7.46. The van der Waals surface area contributed by atoms with E-state index in [4.69, 9.17) is 4.74 Å². The SMILES string of the molecule is CCC(C)(CNC(C)C)CN1CCC(OC)CC1. The number of likely N-dealkylation sites (tertiary alicyclic amines) is 1. The fourth-order valence-electron chi connectivity index (χ4n) is 2.59. The molecule has 1 heterocycles. The summed E-state index contributed by atoms with van der Waals surface area (Å²) >= 11 is 0. The smallest absolute Gasteiger partial charge is 0.0595 e. The van der Waals surface area contributed by atoms with Gasteiger partial charge >= 0.3 is 0 Å². The van der Waals surface area contributed by atoms with E-state index in [2.05, 4.69) is 37.9 Å². The van der Waals surface area contributed by atoms with Gasteiger partial charge in [0.25, 0.3) is 0 Å². The van der Waals surface area contributed by atoms with Gasteiger partial charge in [-0.15, -0.1) is 0 Å². The third kappa shape index (κ3) is 5.25. The van der Waals surface area contributed by atoms with Crippen molar-refractivity contribution in [2.45, 2.75) is 59.1 Å². The van der Waals surface area contributed by atoms with Crippen molar-refractivity contribution in [2.24, 2.45) is 5.41 Å². The largest absolute Gasteiger partial charge is 0.381 e. The van der Waals surface area contributed by atoms with Crippen LogP contribution in [-0.4, -0.2) is 50.3 Å². The number of piperidine rings is 1. The highest BCUT2D eigenvalue weighted by Gasteiger charge is 2.27. The quantitative estimate of drug-likeness (QED) is 0.757. The van der Waals surface area contributed by atoms with Gasteiger partial charge in [-0.3, -0.25) is 0 Å². The van der Waals surface area contributed by atoms with Gasteiger partial charge in [0.1, 0.15) is 0 Å². The normalized spacial score (nSPS) is 22.3. The van der Waals surface area contributed by atoms with Crippen molar-refractivity contribution in [2.75, 3.05) is 33.3 Å². The number of ether oxygens (including phenoxy) is 1. The molecule has 1 N–H and O–H groups in total. The van der Waals surface area contributed by atoms with Crippen LogP contribution in [0.2, 0.25) is 0 Å². The second-order valence-electron chi connectivity index (χ2n) is 6.41. The molecule has 0 aromatic heterocycles. The Bertz CT molecular complexity index is 225. The summed E-state index contributed by atoms with van der Waals surface area (Å²) in [5, 5.41) is 3.60. The molecule has 0 radical (unpaired) electrons. The van der Waals surface area contributed by atoms with Gasteiger partial charge in [-0.2, -0.15) is 0 Å². The van der Waals surface area contributed by atoms with Crippen LogP contribution < -0.4 is 5.32 Å². The van der Waals surface area contributed by atoms with Crippen molar-refractivity contribution >= 4 is 0 Å². The highest BCUT2D eigenvalue weighted by Crippen LogP contribution is 2.24. The molecule has 108 valence electrons. The van der Waals surface area contributed by atoms with Gasteiger partial charge in [0.15, 0.2) is 0 Å². The molecule has 18 heavy (non-hydrogen) atoms. The maximum absolute atomic E-state index is 5.44. The summed E-state index contributed by atoms with van der Waals surface area (Å²) in [7, 11) is 1.84. The van der Waals surface area contributed by atoms with Gasteiger partial charge in [-0.25, -0.2) is 0 Å². The van der Waals surface area contributed by atoms with Gasteiger partial charge in [0.2, 0.25) is 0 Å². The topological polar surface area (TPSA) is 24.5 Å². The molecule has 1 aliphatic rings. The first kappa shape index (κ1) is 15.9. The summed E-state index contributed by atoms with van der Waals surface area (Å²) in [5.74, 6) is 0. The van der Waals surface area contributed by atoms with E-state index < -0.39 is 0 Å². The van der Waals surface area contributed by atoms with Crippen LogP contribution in [-0.2, 0) is 4.74 Å². The average Bonchev–Trinajstić information content (AvgIpc) is 2.37. The molecule has 1 saturated heterocycles. The highest BCUT2D eigenvalue weighted by molar-refractivity contribution is 4.83. The summed E-state index contributed by atoms with van der Waals surface area (Å²) in [6, 6.07) is 0.579. The Hall–Kier alpha value is -0.120. The Balaban J connectivity index is 2.38. The van der Waals surface area contributed by atoms with Crippen LogP contribution in [0.15, 0.2) is 0 Å². The fraction of sp³-hybridized carbons (Fsp3) is 1.00. The molecule has 1 rings (SSSR count). The molecule has 0 aromatic carbocycles. The third-order valence-corrected chi connectivity index (χ3v) is 4.26. The van der Waals surface area contributed by atoms with Crippen molar-refractivity contribution in [1.82, 2.24) is 10.2 Å². The van der Waals surface area contributed by atoms with Gasteiger partial charge < -0.3 is 15.0 Å². The van der Waals surface area contributed by atoms with E-state index >= 15 is 0 Å². The second-order valence-corrected chi connectivity index (χ2v) is 6.41. The summed E-state index contributed by atoms with van der Waals surface area (Å²) in [5.41, 5.74) is 0.393. The molecule has 0 saturated carbocycles. The fourth-order valence-corrected chi connectivity index (χ4v) is 2.59. The lowest BCUT2D eigenvalue weighted by Crippen LogP contribution is -2.46. The van der Waals surface area contributed by atoms with Gasteiger partial charge in [0.05, 0.1) is 6.10 Å². The molecule has 1 atom stereocenters. The monoisotopic (exact) mass is 256 g/mol. The molecule has 0 aromatic rings. The van der Waals surface area contributed by atoms with E-state index in [0.717, 1.165) is 6.54 Å². The van der Waals surface area contributed by atoms with Crippen LogP contribution in [0.3, 0.4) is 0 Å². The Morgan fingerprint density at radius 2 is 1.94 bits per heavy atom. The molecule has 3 nitrogen and oxygen atoms in total. The molecule has 3 heteroatoms. The standard InChI is InChI=1S/C15H32N2O/c1-6-15(4,11-16-13(2)3)12-17-9-7-14(18-5)8-10-17/h13-14,16H,6-12H2,1-5H3. The average molecular weight is 256 g/mol. The van der Waals surface area contributed by atoms with Crippen molar-refractivity contribution in [3.05, 3.63) is 0 Å². The van der Waals surface area contributed by atoms with E-state index in [1.54, 1.807) is 0 Å². The zero-order valence-corrected chi connectivity index (χ0v) is 13.0. The molecule has 1 aliphatic heterocycles. The Labute approximate surface area is 113 Å². The minimum atomic E-state index is 0.393. The Kier molecular flexibility index (Phi) is 6.61.